The molecule has 0 aliphatic rings. The first kappa shape index (κ1) is 17.6. The molecular formula is C14H11Cl2N2O4PS. The molecule has 2 aromatic heterocycles. The third-order valence-electron chi connectivity index (χ3n) is 3.44. The van der Waals surface area contributed by atoms with Crippen LogP contribution in [0.2, 0.25) is 10.0 Å². The zero-order valence-corrected chi connectivity index (χ0v) is 15.4. The molecule has 0 saturated heterocycles. The number of hydrogen-bond acceptors (Lipinski definition) is 4. The van der Waals surface area contributed by atoms with E-state index in [2.05, 4.69) is 9.97 Å². The van der Waals surface area contributed by atoms with Gasteiger partial charge < -0.3 is 14.8 Å². The molecule has 0 aliphatic heterocycles. The molecule has 0 saturated carbocycles. The van der Waals surface area contributed by atoms with Crippen LogP contribution in [-0.4, -0.2) is 19.8 Å². The van der Waals surface area contributed by atoms with Crippen molar-refractivity contribution in [3.8, 4) is 0 Å². The molecule has 0 fully saturated rings. The number of thiophene rings is 1. The highest BCUT2D eigenvalue weighted by molar-refractivity contribution is 7.68. The van der Waals surface area contributed by atoms with Gasteiger partial charge in [-0.25, -0.2) is 4.98 Å². The molecule has 2 heterocycles. The highest BCUT2D eigenvalue weighted by Gasteiger charge is 2.26. The first-order valence-electron chi connectivity index (χ1n) is 6.69. The lowest BCUT2D eigenvalue weighted by Crippen LogP contribution is -2.12. The number of fused-ring (bicyclic) bond motifs is 1. The van der Waals surface area contributed by atoms with Gasteiger partial charge in [-0.2, -0.15) is 0 Å². The van der Waals surface area contributed by atoms with Crippen LogP contribution in [0.25, 0.3) is 10.2 Å². The molecular weight excluding hydrogens is 394 g/mol. The minimum Gasteiger partial charge on any atom is -0.320 e. The van der Waals surface area contributed by atoms with E-state index in [0.717, 1.165) is 16.9 Å². The van der Waals surface area contributed by atoms with Crippen molar-refractivity contribution in [2.45, 2.75) is 13.3 Å². The fraction of sp³-hybridized carbons (Fsp3) is 0.143. The highest BCUT2D eigenvalue weighted by atomic mass is 35.5. The Bertz CT molecular complexity index is 1060. The third kappa shape index (κ3) is 3.28. The van der Waals surface area contributed by atoms with Crippen LogP contribution in [0.3, 0.4) is 0 Å². The maximum Gasteiger partial charge on any atom is 0.366 e. The predicted octanol–water partition coefficient (Wildman–Crippen LogP) is 2.99. The minimum atomic E-state index is -4.45. The van der Waals surface area contributed by atoms with Gasteiger partial charge in [0, 0.05) is 6.42 Å². The molecule has 126 valence electrons. The van der Waals surface area contributed by atoms with E-state index in [4.69, 9.17) is 23.2 Å². The molecule has 0 atom stereocenters. The summed E-state index contributed by atoms with van der Waals surface area (Å²) in [5, 5.41) is 1.03. The number of nitrogens with one attached hydrogen (secondary N) is 1. The lowest BCUT2D eigenvalue weighted by Gasteiger charge is -2.03. The quantitative estimate of drug-likeness (QED) is 0.582. The number of rotatable bonds is 3. The van der Waals surface area contributed by atoms with Gasteiger partial charge in [0.15, 0.2) is 0 Å². The van der Waals surface area contributed by atoms with Crippen LogP contribution in [0.5, 0.6) is 0 Å². The van der Waals surface area contributed by atoms with Crippen molar-refractivity contribution in [3.63, 3.8) is 0 Å². The molecule has 6 nitrogen and oxygen atoms in total. The maximum atomic E-state index is 12.3. The molecule has 0 spiro atoms. The molecule has 0 radical (unpaired) electrons. The smallest absolute Gasteiger partial charge is 0.320 e. The second-order valence-corrected chi connectivity index (χ2v) is 8.85. The van der Waals surface area contributed by atoms with E-state index in [0.29, 0.717) is 27.1 Å². The average Bonchev–Trinajstić information content (AvgIpc) is 2.80. The third-order valence-corrected chi connectivity index (χ3v) is 7.02. The summed E-state index contributed by atoms with van der Waals surface area (Å²) >= 11 is 12.7. The number of H-pyrrole nitrogens is 1. The zero-order chi connectivity index (χ0) is 17.6. The zero-order valence-electron chi connectivity index (χ0n) is 12.2. The topological polar surface area (TPSA) is 103 Å². The number of aromatic amines is 1. The lowest BCUT2D eigenvalue weighted by atomic mass is 10.1. The standard InChI is InChI=1S/C14H11Cl2N2O4PS/c1-6-11-12(19)17-10(5-7-2-3-8(15)9(16)4-7)18-13(11)24-14(6)23(20,21)22/h2-4H,5H2,1H3,(H,17,18,19)(H2,20,21,22). The molecule has 3 aromatic rings. The fourth-order valence-corrected chi connectivity index (χ4v) is 4.93. The molecule has 0 bridgehead atoms. The summed E-state index contributed by atoms with van der Waals surface area (Å²) in [5.74, 6) is 0.379. The van der Waals surface area contributed by atoms with Gasteiger partial charge in [0.2, 0.25) is 0 Å². The van der Waals surface area contributed by atoms with E-state index in [-0.39, 0.29) is 15.6 Å². The Labute approximate surface area is 150 Å². The van der Waals surface area contributed by atoms with E-state index in [1.54, 1.807) is 18.2 Å². The SMILES string of the molecule is Cc1c(P(=O)(O)O)sc2nc(Cc3ccc(Cl)c(Cl)c3)[nH]c(=O)c12. The van der Waals surface area contributed by atoms with Gasteiger partial charge in [0.05, 0.1) is 15.4 Å². The number of aryl methyl sites for hydroxylation is 1. The molecule has 24 heavy (non-hydrogen) atoms. The monoisotopic (exact) mass is 404 g/mol. The van der Waals surface area contributed by atoms with Gasteiger partial charge in [-0.3, -0.25) is 9.36 Å². The molecule has 0 unspecified atom stereocenters. The van der Waals surface area contributed by atoms with Gasteiger partial charge in [-0.15, -0.1) is 11.3 Å². The number of benzene rings is 1. The lowest BCUT2D eigenvalue weighted by molar-refractivity contribution is 0.388. The van der Waals surface area contributed by atoms with E-state index in [1.165, 1.54) is 6.92 Å². The Kier molecular flexibility index (Phi) is 4.59. The molecule has 1 aromatic carbocycles. The molecule has 0 amide bonds. The Morgan fingerprint density at radius 1 is 1.29 bits per heavy atom. The van der Waals surface area contributed by atoms with Crippen LogP contribution >= 0.6 is 42.1 Å². The van der Waals surface area contributed by atoms with Crippen LogP contribution in [0.4, 0.5) is 0 Å². The van der Waals surface area contributed by atoms with E-state index >= 15 is 0 Å². The van der Waals surface area contributed by atoms with Crippen molar-refractivity contribution in [1.29, 1.82) is 0 Å². The van der Waals surface area contributed by atoms with Gasteiger partial charge in [0.1, 0.15) is 15.3 Å². The second-order valence-electron chi connectivity index (χ2n) is 5.19. The second kappa shape index (κ2) is 6.26. The van der Waals surface area contributed by atoms with Crippen molar-refractivity contribution in [2.24, 2.45) is 0 Å². The summed E-state index contributed by atoms with van der Waals surface area (Å²) in [7, 11) is -4.45. The van der Waals surface area contributed by atoms with Crippen LogP contribution in [0.1, 0.15) is 17.0 Å². The molecule has 10 heteroatoms. The Morgan fingerprint density at radius 2 is 2.00 bits per heavy atom. The Hall–Kier alpha value is -1.21. The van der Waals surface area contributed by atoms with E-state index < -0.39 is 13.2 Å². The van der Waals surface area contributed by atoms with Gasteiger partial charge in [-0.1, -0.05) is 29.3 Å². The van der Waals surface area contributed by atoms with Crippen LogP contribution in [0, 0.1) is 6.92 Å². The van der Waals surface area contributed by atoms with Crippen LogP contribution in [0.15, 0.2) is 23.0 Å². The number of halogens is 2. The van der Waals surface area contributed by atoms with E-state index in [1.807, 2.05) is 0 Å². The molecule has 3 N–H and O–H groups in total. The van der Waals surface area contributed by atoms with Crippen molar-refractivity contribution in [2.75, 3.05) is 0 Å². The average molecular weight is 405 g/mol. The summed E-state index contributed by atoms with van der Waals surface area (Å²) in [6, 6.07) is 5.09. The summed E-state index contributed by atoms with van der Waals surface area (Å²) in [6.07, 6.45) is 0.310. The van der Waals surface area contributed by atoms with E-state index in [9.17, 15) is 19.1 Å². The molecule has 3 rings (SSSR count). The summed E-state index contributed by atoms with van der Waals surface area (Å²) in [6.45, 7) is 1.50. The normalized spacial score (nSPS) is 12.0. The summed E-state index contributed by atoms with van der Waals surface area (Å²) in [5.41, 5.74) is 0.636. The Morgan fingerprint density at radius 3 is 2.62 bits per heavy atom. The minimum absolute atomic E-state index is 0.137. The largest absolute Gasteiger partial charge is 0.366 e. The van der Waals surface area contributed by atoms with Crippen molar-refractivity contribution in [3.05, 3.63) is 55.5 Å². The number of hydrogen-bond donors (Lipinski definition) is 3. The van der Waals surface area contributed by atoms with Crippen molar-refractivity contribution >= 4 is 57.0 Å². The summed E-state index contributed by atoms with van der Waals surface area (Å²) < 4.78 is 11.4. The van der Waals surface area contributed by atoms with Gasteiger partial charge >= 0.3 is 7.60 Å². The number of nitrogens with zero attached hydrogens (tertiary/aromatic N) is 1. The Balaban J connectivity index is 2.09. The highest BCUT2D eigenvalue weighted by Crippen LogP contribution is 2.39. The molecule has 0 aliphatic carbocycles. The van der Waals surface area contributed by atoms with Gasteiger partial charge in [-0.05, 0) is 30.2 Å². The van der Waals surface area contributed by atoms with Crippen LogP contribution in [-0.2, 0) is 11.0 Å². The first-order valence-corrected chi connectivity index (χ1v) is 9.87. The maximum absolute atomic E-state index is 12.3. The first-order chi connectivity index (χ1) is 11.2. The fourth-order valence-electron chi connectivity index (χ4n) is 2.38. The van der Waals surface area contributed by atoms with Crippen molar-refractivity contribution in [1.82, 2.24) is 9.97 Å². The summed E-state index contributed by atoms with van der Waals surface area (Å²) in [4.78, 5) is 38.3. The van der Waals surface area contributed by atoms with Gasteiger partial charge in [0.25, 0.3) is 5.56 Å². The van der Waals surface area contributed by atoms with Crippen molar-refractivity contribution < 1.29 is 14.4 Å². The number of aromatic nitrogens is 2. The van der Waals surface area contributed by atoms with Crippen LogP contribution < -0.4 is 10.2 Å². The predicted molar refractivity (Wildman–Crippen MR) is 95.9 cm³/mol.